The first-order chi connectivity index (χ1) is 21.2. The number of rotatable bonds is 14. The van der Waals surface area contributed by atoms with Crippen LogP contribution in [-0.2, 0) is 12.8 Å². The van der Waals surface area contributed by atoms with Crippen molar-refractivity contribution in [2.75, 3.05) is 0 Å². The lowest BCUT2D eigenvalue weighted by Crippen LogP contribution is -1.99. The first kappa shape index (κ1) is 30.6. The summed E-state index contributed by atoms with van der Waals surface area (Å²) in [6, 6.07) is 42.3. The average molecular weight is 561 g/mol. The zero-order valence-electron chi connectivity index (χ0n) is 26.1. The fourth-order valence-electron chi connectivity index (χ4n) is 6.12. The van der Waals surface area contributed by atoms with Crippen LogP contribution in [0.2, 0.25) is 0 Å². The molecule has 0 aliphatic carbocycles. The molecule has 0 bridgehead atoms. The van der Waals surface area contributed by atoms with Crippen molar-refractivity contribution in [3.63, 3.8) is 0 Å². The Bertz CT molecular complexity index is 1550. The second-order valence-corrected chi connectivity index (χ2v) is 11.9. The summed E-state index contributed by atoms with van der Waals surface area (Å²) in [5.41, 5.74) is 14.1. The summed E-state index contributed by atoms with van der Waals surface area (Å²) >= 11 is 0. The Morgan fingerprint density at radius 2 is 0.767 bits per heavy atom. The van der Waals surface area contributed by atoms with Crippen molar-refractivity contribution in [2.24, 2.45) is 0 Å². The Kier molecular flexibility index (Phi) is 11.1. The zero-order valence-corrected chi connectivity index (χ0v) is 26.1. The van der Waals surface area contributed by atoms with Crippen molar-refractivity contribution < 1.29 is 0 Å². The van der Waals surface area contributed by atoms with Gasteiger partial charge in [0.1, 0.15) is 7.85 Å². The quantitative estimate of drug-likeness (QED) is 0.0936. The maximum atomic E-state index is 5.93. The van der Waals surface area contributed by atoms with Crippen molar-refractivity contribution in [2.45, 2.75) is 78.1 Å². The van der Waals surface area contributed by atoms with Crippen LogP contribution < -0.4 is 5.46 Å². The molecule has 2 radical (unpaired) electrons. The van der Waals surface area contributed by atoms with E-state index >= 15 is 0 Å². The van der Waals surface area contributed by atoms with Crippen LogP contribution in [0, 0.1) is 0 Å². The van der Waals surface area contributed by atoms with Crippen molar-refractivity contribution in [3.05, 3.63) is 126 Å². The molecule has 0 aliphatic rings. The van der Waals surface area contributed by atoms with Crippen molar-refractivity contribution >= 4 is 13.3 Å². The molecule has 0 aliphatic heterocycles. The molecular formula is C42H45B. The van der Waals surface area contributed by atoms with Crippen LogP contribution in [0.5, 0.6) is 0 Å². The van der Waals surface area contributed by atoms with Gasteiger partial charge in [0.25, 0.3) is 0 Å². The summed E-state index contributed by atoms with van der Waals surface area (Å²) in [5.74, 6) is 0. The highest BCUT2D eigenvalue weighted by molar-refractivity contribution is 6.32. The second kappa shape index (κ2) is 15.6. The summed E-state index contributed by atoms with van der Waals surface area (Å²) in [4.78, 5) is 0. The molecule has 0 fully saturated rings. The predicted molar refractivity (Wildman–Crippen MR) is 189 cm³/mol. The third-order valence-electron chi connectivity index (χ3n) is 8.67. The highest BCUT2D eigenvalue weighted by Gasteiger charge is 2.14. The van der Waals surface area contributed by atoms with E-state index in [2.05, 4.69) is 117 Å². The van der Waals surface area contributed by atoms with Gasteiger partial charge in [0.05, 0.1) is 0 Å². The lowest BCUT2D eigenvalue weighted by molar-refractivity contribution is 0.664. The first-order valence-electron chi connectivity index (χ1n) is 16.4. The van der Waals surface area contributed by atoms with E-state index in [1.54, 1.807) is 0 Å². The van der Waals surface area contributed by atoms with Crippen LogP contribution in [-0.4, -0.2) is 7.85 Å². The number of hydrogen-bond acceptors (Lipinski definition) is 0. The van der Waals surface area contributed by atoms with Gasteiger partial charge in [0.2, 0.25) is 0 Å². The Labute approximate surface area is 261 Å². The van der Waals surface area contributed by atoms with E-state index < -0.39 is 0 Å². The maximum absolute atomic E-state index is 5.93. The van der Waals surface area contributed by atoms with Gasteiger partial charge in [-0.2, -0.15) is 0 Å². The molecule has 0 atom stereocenters. The van der Waals surface area contributed by atoms with Gasteiger partial charge in [-0.1, -0.05) is 173 Å². The highest BCUT2D eigenvalue weighted by Crippen LogP contribution is 2.36. The minimum absolute atomic E-state index is 0.800. The van der Waals surface area contributed by atoms with E-state index in [1.807, 2.05) is 12.1 Å². The minimum atomic E-state index is 0.800. The Morgan fingerprint density at radius 1 is 0.395 bits per heavy atom. The van der Waals surface area contributed by atoms with Gasteiger partial charge in [-0.05, 0) is 81.3 Å². The molecule has 0 aromatic heterocycles. The minimum Gasteiger partial charge on any atom is -0.0966 e. The standard InChI is InChI=1S/C42H45B/c1-3-5-7-10-16-38-31-42(37-24-20-34(21-25-37)35-26-28-40(43)29-27-35)39(17-11-8-6-4-2)30-41(38)36-22-18-33(19-23-36)32-14-12-9-13-15-32/h9,12-15,18-31H,3-8,10-11,16-17H2,1-2H3. The molecule has 1 heteroatoms. The van der Waals surface area contributed by atoms with Crippen LogP contribution in [0.4, 0.5) is 0 Å². The molecule has 5 aromatic carbocycles. The van der Waals surface area contributed by atoms with E-state index in [0.717, 1.165) is 18.3 Å². The van der Waals surface area contributed by atoms with Crippen molar-refractivity contribution in [1.82, 2.24) is 0 Å². The van der Waals surface area contributed by atoms with E-state index in [1.165, 1.54) is 107 Å². The largest absolute Gasteiger partial charge is 0.113 e. The number of unbranched alkanes of at least 4 members (excludes halogenated alkanes) is 6. The van der Waals surface area contributed by atoms with Gasteiger partial charge >= 0.3 is 0 Å². The summed E-state index contributed by atoms with van der Waals surface area (Å²) < 4.78 is 0. The molecule has 0 saturated heterocycles. The van der Waals surface area contributed by atoms with E-state index in [9.17, 15) is 0 Å². The van der Waals surface area contributed by atoms with E-state index in [4.69, 9.17) is 7.85 Å². The van der Waals surface area contributed by atoms with Crippen LogP contribution in [0.3, 0.4) is 0 Å². The predicted octanol–water partition coefficient (Wildman–Crippen LogP) is 11.4. The summed E-state index contributed by atoms with van der Waals surface area (Å²) in [6.07, 6.45) is 12.4. The topological polar surface area (TPSA) is 0 Å². The number of benzene rings is 5. The highest BCUT2D eigenvalue weighted by atomic mass is 14.2. The van der Waals surface area contributed by atoms with Gasteiger partial charge in [-0.3, -0.25) is 0 Å². The Balaban J connectivity index is 1.53. The monoisotopic (exact) mass is 560 g/mol. The zero-order chi connectivity index (χ0) is 29.9. The molecule has 216 valence electrons. The van der Waals surface area contributed by atoms with Gasteiger partial charge in [0, 0.05) is 0 Å². The van der Waals surface area contributed by atoms with E-state index in [0.29, 0.717) is 0 Å². The van der Waals surface area contributed by atoms with Gasteiger partial charge in [-0.25, -0.2) is 0 Å². The molecule has 0 unspecified atom stereocenters. The molecule has 0 spiro atoms. The molecule has 5 aromatic rings. The molecule has 5 rings (SSSR count). The second-order valence-electron chi connectivity index (χ2n) is 11.9. The van der Waals surface area contributed by atoms with Gasteiger partial charge < -0.3 is 0 Å². The van der Waals surface area contributed by atoms with Crippen LogP contribution >= 0.6 is 0 Å². The molecule has 0 N–H and O–H groups in total. The van der Waals surface area contributed by atoms with Crippen molar-refractivity contribution in [1.29, 1.82) is 0 Å². The number of hydrogen-bond donors (Lipinski definition) is 0. The van der Waals surface area contributed by atoms with E-state index in [-0.39, 0.29) is 0 Å². The van der Waals surface area contributed by atoms with Crippen molar-refractivity contribution in [3.8, 4) is 44.5 Å². The van der Waals surface area contributed by atoms with Crippen LogP contribution in [0.25, 0.3) is 44.5 Å². The summed E-state index contributed by atoms with van der Waals surface area (Å²) in [5, 5.41) is 0. The lowest BCUT2D eigenvalue weighted by Gasteiger charge is -2.18. The normalized spacial score (nSPS) is 11.1. The fraction of sp³-hybridized carbons (Fsp3) is 0.286. The summed E-state index contributed by atoms with van der Waals surface area (Å²) in [6.45, 7) is 4.58. The fourth-order valence-corrected chi connectivity index (χ4v) is 6.12. The third kappa shape index (κ3) is 8.17. The molecule has 0 saturated carbocycles. The van der Waals surface area contributed by atoms with Gasteiger partial charge in [-0.15, -0.1) is 0 Å². The molecule has 0 nitrogen and oxygen atoms in total. The molecule has 0 amide bonds. The van der Waals surface area contributed by atoms with Gasteiger partial charge in [0.15, 0.2) is 0 Å². The van der Waals surface area contributed by atoms with Crippen LogP contribution in [0.1, 0.15) is 76.3 Å². The Morgan fingerprint density at radius 3 is 1.19 bits per heavy atom. The average Bonchev–Trinajstić information content (AvgIpc) is 3.06. The maximum Gasteiger partial charge on any atom is 0.113 e. The summed E-state index contributed by atoms with van der Waals surface area (Å²) in [7, 11) is 5.93. The first-order valence-corrected chi connectivity index (χ1v) is 16.4. The Hall–Kier alpha value is -3.84. The number of aryl methyl sites for hydroxylation is 2. The third-order valence-corrected chi connectivity index (χ3v) is 8.67. The lowest BCUT2D eigenvalue weighted by atomic mass is 9.86. The van der Waals surface area contributed by atoms with Crippen LogP contribution in [0.15, 0.2) is 115 Å². The molecular weight excluding hydrogens is 515 g/mol. The molecule has 0 heterocycles. The molecule has 43 heavy (non-hydrogen) atoms. The smallest absolute Gasteiger partial charge is 0.0966 e. The SMILES string of the molecule is [B]c1ccc(-c2ccc(-c3cc(CCCCCC)c(-c4ccc(-c5ccccc5)cc4)cc3CCCCCC)cc2)cc1.